The van der Waals surface area contributed by atoms with Crippen LogP contribution < -0.4 is 15.4 Å². The highest BCUT2D eigenvalue weighted by Gasteiger charge is 2.11. The normalized spacial score (nSPS) is 9.94. The molecule has 0 aliphatic carbocycles. The third-order valence-electron chi connectivity index (χ3n) is 2.06. The number of carbonyl (C=O) groups excluding carboxylic acids is 1. The molecule has 0 radical (unpaired) electrons. The Bertz CT molecular complexity index is 452. The molecule has 1 aromatic carbocycles. The second-order valence-electron chi connectivity index (χ2n) is 3.44. The van der Waals surface area contributed by atoms with E-state index in [1.54, 1.807) is 18.2 Å². The molecule has 0 aliphatic heterocycles. The van der Waals surface area contributed by atoms with Crippen molar-refractivity contribution in [3.63, 3.8) is 0 Å². The third kappa shape index (κ3) is 4.33. The van der Waals surface area contributed by atoms with Gasteiger partial charge >= 0.3 is 0 Å². The van der Waals surface area contributed by atoms with Crippen LogP contribution in [0.1, 0.15) is 0 Å². The van der Waals surface area contributed by atoms with E-state index in [2.05, 4.69) is 33.1 Å². The molecule has 1 aromatic rings. The van der Waals surface area contributed by atoms with Gasteiger partial charge in [-0.15, -0.1) is 6.58 Å². The molecule has 0 unspecified atom stereocenters. The number of halogens is 2. The fourth-order valence-corrected chi connectivity index (χ4v) is 2.31. The van der Waals surface area contributed by atoms with Crippen LogP contribution in [0.25, 0.3) is 0 Å². The lowest BCUT2D eigenvalue weighted by molar-refractivity contribution is -0.115. The second-order valence-corrected chi connectivity index (χ2v) is 4.73. The molecule has 18 heavy (non-hydrogen) atoms. The van der Waals surface area contributed by atoms with Gasteiger partial charge in [-0.25, -0.2) is 0 Å². The zero-order valence-corrected chi connectivity index (χ0v) is 12.3. The summed E-state index contributed by atoms with van der Waals surface area (Å²) in [5.41, 5.74) is 0.530. The van der Waals surface area contributed by atoms with E-state index in [9.17, 15) is 4.79 Å². The van der Waals surface area contributed by atoms with Crippen LogP contribution in [0, 0.1) is 0 Å². The molecule has 0 spiro atoms. The topological polar surface area (TPSA) is 50.4 Å². The summed E-state index contributed by atoms with van der Waals surface area (Å²) < 4.78 is 5.89. The van der Waals surface area contributed by atoms with Gasteiger partial charge in [-0.1, -0.05) is 17.7 Å². The summed E-state index contributed by atoms with van der Waals surface area (Å²) in [4.78, 5) is 11.7. The molecule has 0 saturated carbocycles. The molecule has 6 heteroatoms. The quantitative estimate of drug-likeness (QED) is 0.622. The molecule has 0 aliphatic rings. The molecule has 0 fully saturated rings. The van der Waals surface area contributed by atoms with Gasteiger partial charge in [-0.3, -0.25) is 4.79 Å². The van der Waals surface area contributed by atoms with Gasteiger partial charge in [0.2, 0.25) is 5.91 Å². The summed E-state index contributed by atoms with van der Waals surface area (Å²) in [7, 11) is 1.53. The maximum Gasteiger partial charge on any atom is 0.238 e. The third-order valence-corrected chi connectivity index (χ3v) is 2.87. The summed E-state index contributed by atoms with van der Waals surface area (Å²) in [5, 5.41) is 6.14. The predicted molar refractivity (Wildman–Crippen MR) is 77.4 cm³/mol. The van der Waals surface area contributed by atoms with Crippen LogP contribution in [-0.4, -0.2) is 26.1 Å². The van der Waals surface area contributed by atoms with Gasteiger partial charge < -0.3 is 15.4 Å². The van der Waals surface area contributed by atoms with Gasteiger partial charge in [0.25, 0.3) is 0 Å². The van der Waals surface area contributed by atoms with Crippen molar-refractivity contribution in [1.82, 2.24) is 5.32 Å². The highest BCUT2D eigenvalue weighted by molar-refractivity contribution is 9.10. The molecule has 0 heterocycles. The summed E-state index contributed by atoms with van der Waals surface area (Å²) in [6, 6.07) is 3.34. The Morgan fingerprint density at radius 1 is 1.61 bits per heavy atom. The Balaban J connectivity index is 2.76. The van der Waals surface area contributed by atoms with Gasteiger partial charge in [-0.2, -0.15) is 0 Å². The zero-order chi connectivity index (χ0) is 13.5. The van der Waals surface area contributed by atoms with Crippen molar-refractivity contribution < 1.29 is 9.53 Å². The lowest BCUT2D eigenvalue weighted by Gasteiger charge is -2.12. The van der Waals surface area contributed by atoms with E-state index in [1.165, 1.54) is 7.11 Å². The van der Waals surface area contributed by atoms with Gasteiger partial charge in [0.1, 0.15) is 0 Å². The summed E-state index contributed by atoms with van der Waals surface area (Å²) in [6.07, 6.45) is 1.68. The summed E-state index contributed by atoms with van der Waals surface area (Å²) in [5.74, 6) is 0.362. The van der Waals surface area contributed by atoms with Crippen molar-refractivity contribution in [3.05, 3.63) is 34.3 Å². The monoisotopic (exact) mass is 332 g/mol. The van der Waals surface area contributed by atoms with Crippen LogP contribution in [-0.2, 0) is 4.79 Å². The maximum atomic E-state index is 11.7. The molecule has 0 atom stereocenters. The number of amides is 1. The smallest absolute Gasteiger partial charge is 0.238 e. The van der Waals surface area contributed by atoms with Gasteiger partial charge in [0, 0.05) is 11.6 Å². The predicted octanol–water partition coefficient (Wildman–Crippen LogP) is 2.83. The Morgan fingerprint density at radius 2 is 2.33 bits per heavy atom. The van der Waals surface area contributed by atoms with Crippen molar-refractivity contribution >= 4 is 39.1 Å². The minimum atomic E-state index is -0.177. The van der Waals surface area contributed by atoms with E-state index >= 15 is 0 Å². The number of ether oxygens (including phenoxy) is 1. The van der Waals surface area contributed by atoms with Crippen molar-refractivity contribution in [2.75, 3.05) is 25.5 Å². The molecule has 4 nitrogen and oxygen atoms in total. The van der Waals surface area contributed by atoms with Gasteiger partial charge in [0.05, 0.1) is 23.8 Å². The number of hydrogen-bond acceptors (Lipinski definition) is 3. The van der Waals surface area contributed by atoms with E-state index in [0.29, 0.717) is 27.5 Å². The Labute approximate surface area is 119 Å². The first-order chi connectivity index (χ1) is 8.58. The van der Waals surface area contributed by atoms with Crippen LogP contribution in [0.15, 0.2) is 29.3 Å². The molecule has 2 N–H and O–H groups in total. The summed E-state index contributed by atoms with van der Waals surface area (Å²) in [6.45, 7) is 4.32. The van der Waals surface area contributed by atoms with E-state index in [-0.39, 0.29) is 12.5 Å². The fourth-order valence-electron chi connectivity index (χ4n) is 1.34. The first-order valence-electron chi connectivity index (χ1n) is 5.23. The molecular weight excluding hydrogens is 320 g/mol. The van der Waals surface area contributed by atoms with E-state index in [4.69, 9.17) is 16.3 Å². The second kappa shape index (κ2) is 7.41. The number of anilines is 1. The Hall–Kier alpha value is -1.04. The number of benzene rings is 1. The van der Waals surface area contributed by atoms with Crippen molar-refractivity contribution in [3.8, 4) is 5.75 Å². The van der Waals surface area contributed by atoms with E-state index in [1.807, 2.05) is 0 Å². The molecule has 0 aromatic heterocycles. The standard InChI is InChI=1S/C12H14BrClN2O2/c1-3-4-15-7-11(17)16-10-6-8(14)5-9(13)12(10)18-2/h3,5-6,15H,1,4,7H2,2H3,(H,16,17). The van der Waals surface area contributed by atoms with Crippen LogP contribution in [0.2, 0.25) is 5.02 Å². The zero-order valence-electron chi connectivity index (χ0n) is 9.93. The van der Waals surface area contributed by atoms with E-state index in [0.717, 1.165) is 0 Å². The van der Waals surface area contributed by atoms with Crippen LogP contribution in [0.5, 0.6) is 5.75 Å². The number of hydrogen-bond donors (Lipinski definition) is 2. The minimum Gasteiger partial charge on any atom is -0.493 e. The average Bonchev–Trinajstić information content (AvgIpc) is 2.28. The number of rotatable bonds is 6. The largest absolute Gasteiger partial charge is 0.493 e. The molecule has 0 bridgehead atoms. The number of carbonyl (C=O) groups is 1. The first kappa shape index (κ1) is 15.0. The number of methoxy groups -OCH3 is 1. The minimum absolute atomic E-state index is 0.177. The van der Waals surface area contributed by atoms with Crippen molar-refractivity contribution in [2.24, 2.45) is 0 Å². The lowest BCUT2D eigenvalue weighted by Crippen LogP contribution is -2.28. The van der Waals surface area contributed by atoms with Crippen LogP contribution in [0.4, 0.5) is 5.69 Å². The van der Waals surface area contributed by atoms with Gasteiger partial charge in [-0.05, 0) is 28.1 Å². The fraction of sp³-hybridized carbons (Fsp3) is 0.250. The van der Waals surface area contributed by atoms with E-state index < -0.39 is 0 Å². The lowest BCUT2D eigenvalue weighted by atomic mass is 10.3. The highest BCUT2D eigenvalue weighted by Crippen LogP contribution is 2.36. The Kier molecular flexibility index (Phi) is 6.18. The Morgan fingerprint density at radius 3 is 2.94 bits per heavy atom. The molecule has 98 valence electrons. The van der Waals surface area contributed by atoms with Gasteiger partial charge in [0.15, 0.2) is 5.75 Å². The summed E-state index contributed by atoms with van der Waals surface area (Å²) >= 11 is 9.25. The molecular formula is C12H14BrClN2O2. The first-order valence-corrected chi connectivity index (χ1v) is 6.40. The van der Waals surface area contributed by atoms with Crippen LogP contribution in [0.3, 0.4) is 0 Å². The highest BCUT2D eigenvalue weighted by atomic mass is 79.9. The van der Waals surface area contributed by atoms with Crippen LogP contribution >= 0.6 is 27.5 Å². The average molecular weight is 334 g/mol. The SMILES string of the molecule is C=CCNCC(=O)Nc1cc(Cl)cc(Br)c1OC. The maximum absolute atomic E-state index is 11.7. The molecule has 1 amide bonds. The van der Waals surface area contributed by atoms with Crippen molar-refractivity contribution in [2.45, 2.75) is 0 Å². The molecule has 1 rings (SSSR count). The number of nitrogens with one attached hydrogen (secondary N) is 2. The van der Waals surface area contributed by atoms with Crippen molar-refractivity contribution in [1.29, 1.82) is 0 Å². The molecule has 0 saturated heterocycles.